The number of nitrogens with one attached hydrogen (secondary N) is 2. The molecule has 0 spiro atoms. The van der Waals surface area contributed by atoms with Crippen molar-refractivity contribution in [3.8, 4) is 0 Å². The molecule has 0 aliphatic carbocycles. The van der Waals surface area contributed by atoms with E-state index in [1.807, 2.05) is 34.6 Å². The van der Waals surface area contributed by atoms with Gasteiger partial charge in [0.2, 0.25) is 17.7 Å². The lowest BCUT2D eigenvalue weighted by molar-refractivity contribution is -0.146. The minimum Gasteiger partial charge on any atom is -0.480 e. The number of rotatable bonds is 12. The molecule has 5 atom stereocenters. The normalized spacial score (nSPS) is 20.0. The molecule has 0 bridgehead atoms. The summed E-state index contributed by atoms with van der Waals surface area (Å²) >= 11 is 0. The van der Waals surface area contributed by atoms with Crippen molar-refractivity contribution in [2.24, 2.45) is 23.5 Å². The van der Waals surface area contributed by atoms with Crippen LogP contribution in [0.5, 0.6) is 0 Å². The van der Waals surface area contributed by atoms with Crippen molar-refractivity contribution in [2.75, 3.05) is 6.54 Å². The molecule has 3 amide bonds. The van der Waals surface area contributed by atoms with E-state index in [9.17, 15) is 24.3 Å². The van der Waals surface area contributed by atoms with Crippen LogP contribution < -0.4 is 16.4 Å². The SMILES string of the molecule is CCC(C)C(NC(=O)C1CCCN1C(=O)C(CC(C)C)NC(=O)C(N)CC(C)C)C(=O)O. The fourth-order valence-electron chi connectivity index (χ4n) is 4.02. The largest absolute Gasteiger partial charge is 0.480 e. The van der Waals surface area contributed by atoms with Crippen LogP contribution in [0.15, 0.2) is 0 Å². The van der Waals surface area contributed by atoms with Crippen molar-refractivity contribution in [1.82, 2.24) is 15.5 Å². The molecule has 32 heavy (non-hydrogen) atoms. The smallest absolute Gasteiger partial charge is 0.326 e. The minimum atomic E-state index is -1.09. The summed E-state index contributed by atoms with van der Waals surface area (Å²) in [6.45, 7) is 11.9. The van der Waals surface area contributed by atoms with Crippen molar-refractivity contribution in [2.45, 2.75) is 97.8 Å². The standard InChI is InChI=1S/C23H42N4O5/c1-7-15(6)19(23(31)32)26-21(29)18-9-8-10-27(18)22(30)17(12-14(4)5)25-20(28)16(24)11-13(2)3/h13-19H,7-12,24H2,1-6H3,(H,25,28)(H,26,29)(H,31,32). The molecule has 1 aliphatic rings. The maximum Gasteiger partial charge on any atom is 0.326 e. The zero-order chi connectivity index (χ0) is 24.6. The molecule has 5 unspecified atom stereocenters. The quantitative estimate of drug-likeness (QED) is 0.352. The number of nitrogens with zero attached hydrogens (tertiary/aromatic N) is 1. The molecular formula is C23H42N4O5. The molecule has 5 N–H and O–H groups in total. The lowest BCUT2D eigenvalue weighted by Crippen LogP contribution is -2.57. The summed E-state index contributed by atoms with van der Waals surface area (Å²) < 4.78 is 0. The second kappa shape index (κ2) is 12.8. The summed E-state index contributed by atoms with van der Waals surface area (Å²) in [5.41, 5.74) is 5.99. The predicted molar refractivity (Wildman–Crippen MR) is 123 cm³/mol. The Balaban J connectivity index is 2.97. The van der Waals surface area contributed by atoms with Gasteiger partial charge in [0.15, 0.2) is 0 Å². The lowest BCUT2D eigenvalue weighted by atomic mass is 9.98. The molecule has 0 aromatic carbocycles. The zero-order valence-electron chi connectivity index (χ0n) is 20.4. The van der Waals surface area contributed by atoms with Crippen LogP contribution in [0.4, 0.5) is 0 Å². The van der Waals surface area contributed by atoms with Crippen LogP contribution in [0.1, 0.15) is 73.6 Å². The number of carboxylic acid groups (broad SMARTS) is 1. The average molecular weight is 455 g/mol. The van der Waals surface area contributed by atoms with Crippen LogP contribution in [-0.2, 0) is 19.2 Å². The van der Waals surface area contributed by atoms with Crippen LogP contribution >= 0.6 is 0 Å². The third-order valence-electron chi connectivity index (χ3n) is 6.00. The van der Waals surface area contributed by atoms with Gasteiger partial charge in [-0.05, 0) is 43.4 Å². The number of nitrogens with two attached hydrogens (primary N) is 1. The highest BCUT2D eigenvalue weighted by molar-refractivity contribution is 5.94. The minimum absolute atomic E-state index is 0.141. The predicted octanol–water partition coefficient (Wildman–Crippen LogP) is 1.50. The summed E-state index contributed by atoms with van der Waals surface area (Å²) in [6, 6.07) is -3.24. The molecule has 0 aromatic rings. The number of carbonyl (C=O) groups excluding carboxylic acids is 3. The van der Waals surface area contributed by atoms with Crippen LogP contribution in [0.3, 0.4) is 0 Å². The summed E-state index contributed by atoms with van der Waals surface area (Å²) in [6.07, 6.45) is 2.63. The van der Waals surface area contributed by atoms with Crippen molar-refractivity contribution in [1.29, 1.82) is 0 Å². The molecule has 0 aromatic heterocycles. The van der Waals surface area contributed by atoms with Gasteiger partial charge >= 0.3 is 5.97 Å². The number of likely N-dealkylation sites (tertiary alicyclic amines) is 1. The summed E-state index contributed by atoms with van der Waals surface area (Å²) in [7, 11) is 0. The number of amides is 3. The van der Waals surface area contributed by atoms with E-state index in [1.54, 1.807) is 6.92 Å². The van der Waals surface area contributed by atoms with E-state index in [-0.39, 0.29) is 29.6 Å². The number of carbonyl (C=O) groups is 4. The fraction of sp³-hybridized carbons (Fsp3) is 0.826. The molecule has 9 nitrogen and oxygen atoms in total. The van der Waals surface area contributed by atoms with E-state index in [0.717, 1.165) is 0 Å². The van der Waals surface area contributed by atoms with Gasteiger partial charge in [0.25, 0.3) is 0 Å². The van der Waals surface area contributed by atoms with Crippen molar-refractivity contribution in [3.63, 3.8) is 0 Å². The van der Waals surface area contributed by atoms with Crippen molar-refractivity contribution in [3.05, 3.63) is 0 Å². The first-order valence-electron chi connectivity index (χ1n) is 11.8. The summed E-state index contributed by atoms with van der Waals surface area (Å²) in [4.78, 5) is 51.9. The average Bonchev–Trinajstić information content (AvgIpc) is 3.18. The highest BCUT2D eigenvalue weighted by atomic mass is 16.4. The van der Waals surface area contributed by atoms with Gasteiger partial charge in [-0.25, -0.2) is 4.79 Å². The molecule has 1 rings (SSSR count). The Morgan fingerprint density at radius 3 is 2.12 bits per heavy atom. The third-order valence-corrected chi connectivity index (χ3v) is 6.00. The molecule has 1 fully saturated rings. The molecule has 1 aliphatic heterocycles. The van der Waals surface area contributed by atoms with E-state index in [4.69, 9.17) is 5.73 Å². The van der Waals surface area contributed by atoms with E-state index in [1.165, 1.54) is 4.90 Å². The Labute approximate surface area is 191 Å². The Morgan fingerprint density at radius 2 is 1.62 bits per heavy atom. The van der Waals surface area contributed by atoms with Gasteiger partial charge in [0.05, 0.1) is 6.04 Å². The van der Waals surface area contributed by atoms with E-state index < -0.39 is 36.0 Å². The first-order valence-corrected chi connectivity index (χ1v) is 11.8. The zero-order valence-corrected chi connectivity index (χ0v) is 20.4. The van der Waals surface area contributed by atoms with E-state index in [0.29, 0.717) is 38.6 Å². The van der Waals surface area contributed by atoms with Crippen molar-refractivity contribution < 1.29 is 24.3 Å². The van der Waals surface area contributed by atoms with Gasteiger partial charge in [-0.1, -0.05) is 48.0 Å². The third kappa shape index (κ3) is 8.07. The Bertz CT molecular complexity index is 667. The van der Waals surface area contributed by atoms with Crippen LogP contribution in [0.2, 0.25) is 0 Å². The Kier molecular flexibility index (Phi) is 11.1. The van der Waals surface area contributed by atoms with Crippen LogP contribution in [0, 0.1) is 17.8 Å². The first kappa shape index (κ1) is 27.9. The number of aliphatic carboxylic acids is 1. The van der Waals surface area contributed by atoms with Crippen LogP contribution in [-0.4, -0.2) is 64.4 Å². The molecule has 184 valence electrons. The maximum absolute atomic E-state index is 13.4. The van der Waals surface area contributed by atoms with Gasteiger partial charge in [-0.3, -0.25) is 14.4 Å². The van der Waals surface area contributed by atoms with Gasteiger partial charge in [-0.15, -0.1) is 0 Å². The van der Waals surface area contributed by atoms with Crippen LogP contribution in [0.25, 0.3) is 0 Å². The number of carboxylic acids is 1. The molecule has 1 saturated heterocycles. The summed E-state index contributed by atoms with van der Waals surface area (Å²) in [5.74, 6) is -2.10. The second-order valence-corrected chi connectivity index (χ2v) is 9.83. The molecule has 9 heteroatoms. The highest BCUT2D eigenvalue weighted by Gasteiger charge is 2.39. The monoisotopic (exact) mass is 454 g/mol. The summed E-state index contributed by atoms with van der Waals surface area (Å²) in [5, 5.41) is 14.9. The first-order chi connectivity index (χ1) is 14.9. The van der Waals surface area contributed by atoms with Gasteiger partial charge < -0.3 is 26.4 Å². The number of hydrogen-bond acceptors (Lipinski definition) is 5. The van der Waals surface area contributed by atoms with Crippen molar-refractivity contribution >= 4 is 23.7 Å². The molecule has 0 saturated carbocycles. The molecule has 0 radical (unpaired) electrons. The lowest BCUT2D eigenvalue weighted by Gasteiger charge is -2.31. The van der Waals surface area contributed by atoms with Gasteiger partial charge in [-0.2, -0.15) is 0 Å². The highest BCUT2D eigenvalue weighted by Crippen LogP contribution is 2.21. The van der Waals surface area contributed by atoms with E-state index >= 15 is 0 Å². The number of hydrogen-bond donors (Lipinski definition) is 4. The molecule has 1 heterocycles. The Morgan fingerprint density at radius 1 is 1.03 bits per heavy atom. The fourth-order valence-corrected chi connectivity index (χ4v) is 4.02. The Hall–Kier alpha value is -2.16. The van der Waals surface area contributed by atoms with Gasteiger partial charge in [0, 0.05) is 6.54 Å². The topological polar surface area (TPSA) is 142 Å². The van der Waals surface area contributed by atoms with E-state index in [2.05, 4.69) is 10.6 Å². The molecular weight excluding hydrogens is 412 g/mol. The second-order valence-electron chi connectivity index (χ2n) is 9.83. The van der Waals surface area contributed by atoms with Gasteiger partial charge in [0.1, 0.15) is 18.1 Å². The maximum atomic E-state index is 13.4.